The Labute approximate surface area is 110 Å². The van der Waals surface area contributed by atoms with Crippen LogP contribution in [0.2, 0.25) is 0 Å². The molecule has 0 amide bonds. The van der Waals surface area contributed by atoms with Crippen LogP contribution in [0.5, 0.6) is 5.75 Å². The molecule has 0 bridgehead atoms. The van der Waals surface area contributed by atoms with E-state index in [2.05, 4.69) is 33.4 Å². The number of nitrogens with one attached hydrogen (secondary N) is 1. The molecular weight excluding hydrogens is 278 g/mol. The molecule has 17 heavy (non-hydrogen) atoms. The second-order valence-electron chi connectivity index (χ2n) is 3.72. The molecule has 2 rings (SSSR count). The van der Waals surface area contributed by atoms with Crippen molar-refractivity contribution in [3.63, 3.8) is 0 Å². The quantitative estimate of drug-likeness (QED) is 0.917. The van der Waals surface area contributed by atoms with Crippen LogP contribution in [0.15, 0.2) is 53.0 Å². The van der Waals surface area contributed by atoms with E-state index < -0.39 is 0 Å². The Bertz CT molecular complexity index is 499. The van der Waals surface area contributed by atoms with Gasteiger partial charge in [-0.05, 0) is 29.8 Å². The number of hydrogen-bond acceptors (Lipinski definition) is 2. The monoisotopic (exact) mass is 291 g/mol. The van der Waals surface area contributed by atoms with Crippen LogP contribution in [0.1, 0.15) is 5.56 Å². The zero-order valence-electron chi connectivity index (χ0n) is 9.61. The molecule has 0 fully saturated rings. The Kier molecular flexibility index (Phi) is 4.04. The van der Waals surface area contributed by atoms with Gasteiger partial charge < -0.3 is 10.1 Å². The Morgan fingerprint density at radius 1 is 1.12 bits per heavy atom. The van der Waals surface area contributed by atoms with Crippen molar-refractivity contribution in [2.45, 2.75) is 6.54 Å². The molecule has 0 saturated carbocycles. The minimum Gasteiger partial charge on any atom is -0.497 e. The lowest BCUT2D eigenvalue weighted by Crippen LogP contribution is -1.99. The molecule has 88 valence electrons. The van der Waals surface area contributed by atoms with Crippen molar-refractivity contribution in [2.24, 2.45) is 0 Å². The summed E-state index contributed by atoms with van der Waals surface area (Å²) in [5.74, 6) is 0.865. The van der Waals surface area contributed by atoms with E-state index in [0.29, 0.717) is 0 Å². The van der Waals surface area contributed by atoms with Crippen LogP contribution >= 0.6 is 15.9 Å². The molecule has 2 nitrogen and oxygen atoms in total. The van der Waals surface area contributed by atoms with Crippen LogP contribution < -0.4 is 10.1 Å². The van der Waals surface area contributed by atoms with Crippen molar-refractivity contribution in [1.82, 2.24) is 0 Å². The van der Waals surface area contributed by atoms with Crippen molar-refractivity contribution >= 4 is 21.6 Å². The highest BCUT2D eigenvalue weighted by molar-refractivity contribution is 9.10. The largest absolute Gasteiger partial charge is 0.497 e. The first-order valence-corrected chi connectivity index (χ1v) is 6.19. The van der Waals surface area contributed by atoms with Gasteiger partial charge in [0.25, 0.3) is 0 Å². The third-order valence-corrected chi connectivity index (χ3v) is 2.95. The van der Waals surface area contributed by atoms with Gasteiger partial charge in [-0.2, -0.15) is 0 Å². The van der Waals surface area contributed by atoms with E-state index in [4.69, 9.17) is 4.74 Å². The van der Waals surface area contributed by atoms with Crippen molar-refractivity contribution in [2.75, 3.05) is 12.4 Å². The van der Waals surface area contributed by atoms with Gasteiger partial charge in [0.05, 0.1) is 7.11 Å². The van der Waals surface area contributed by atoms with E-state index in [0.717, 1.165) is 22.5 Å². The number of hydrogen-bond donors (Lipinski definition) is 1. The van der Waals surface area contributed by atoms with Crippen LogP contribution in [-0.2, 0) is 6.54 Å². The molecule has 0 saturated heterocycles. The van der Waals surface area contributed by atoms with Crippen molar-refractivity contribution in [3.05, 3.63) is 58.6 Å². The lowest BCUT2D eigenvalue weighted by atomic mass is 10.2. The number of anilines is 1. The second kappa shape index (κ2) is 5.73. The number of methoxy groups -OCH3 is 1. The molecule has 2 aromatic rings. The summed E-state index contributed by atoms with van der Waals surface area (Å²) in [7, 11) is 1.67. The predicted molar refractivity (Wildman–Crippen MR) is 74.5 cm³/mol. The summed E-state index contributed by atoms with van der Waals surface area (Å²) >= 11 is 3.46. The van der Waals surface area contributed by atoms with E-state index in [1.54, 1.807) is 7.11 Å². The SMILES string of the molecule is COc1cccc(NCc2cccc(Br)c2)c1. The third-order valence-electron chi connectivity index (χ3n) is 2.46. The average molecular weight is 292 g/mol. The Hall–Kier alpha value is -1.48. The van der Waals surface area contributed by atoms with Gasteiger partial charge in [0.15, 0.2) is 0 Å². The molecule has 0 atom stereocenters. The molecule has 0 aliphatic heterocycles. The molecule has 0 aliphatic carbocycles. The van der Waals surface area contributed by atoms with Crippen LogP contribution in [0, 0.1) is 0 Å². The molecule has 3 heteroatoms. The van der Waals surface area contributed by atoms with Gasteiger partial charge in [0.2, 0.25) is 0 Å². The summed E-state index contributed by atoms with van der Waals surface area (Å²) in [4.78, 5) is 0. The lowest BCUT2D eigenvalue weighted by molar-refractivity contribution is 0.415. The minimum absolute atomic E-state index is 0.798. The van der Waals surface area contributed by atoms with E-state index >= 15 is 0 Å². The normalized spacial score (nSPS) is 10.0. The second-order valence-corrected chi connectivity index (χ2v) is 4.63. The molecule has 1 N–H and O–H groups in total. The van der Waals surface area contributed by atoms with Gasteiger partial charge in [-0.3, -0.25) is 0 Å². The van der Waals surface area contributed by atoms with E-state index in [-0.39, 0.29) is 0 Å². The first-order valence-electron chi connectivity index (χ1n) is 5.40. The average Bonchev–Trinajstić information content (AvgIpc) is 2.37. The molecule has 0 radical (unpaired) electrons. The molecular formula is C14H14BrNO. The van der Waals surface area contributed by atoms with Gasteiger partial charge in [-0.15, -0.1) is 0 Å². The zero-order chi connectivity index (χ0) is 12.1. The fourth-order valence-electron chi connectivity index (χ4n) is 1.58. The molecule has 0 spiro atoms. The van der Waals surface area contributed by atoms with E-state index in [9.17, 15) is 0 Å². The maximum Gasteiger partial charge on any atom is 0.120 e. The van der Waals surface area contributed by atoms with Gasteiger partial charge >= 0.3 is 0 Å². The first kappa shape index (κ1) is 12.0. The fraction of sp³-hybridized carbons (Fsp3) is 0.143. The molecule has 0 aromatic heterocycles. The van der Waals surface area contributed by atoms with Crippen LogP contribution in [-0.4, -0.2) is 7.11 Å². The summed E-state index contributed by atoms with van der Waals surface area (Å²) in [6.45, 7) is 0.798. The Morgan fingerprint density at radius 3 is 2.71 bits per heavy atom. The highest BCUT2D eigenvalue weighted by atomic mass is 79.9. The molecule has 2 aromatic carbocycles. The maximum absolute atomic E-state index is 5.18. The summed E-state index contributed by atoms with van der Waals surface area (Å²) in [5, 5.41) is 3.36. The van der Waals surface area contributed by atoms with Gasteiger partial charge in [-0.1, -0.05) is 34.1 Å². The number of ether oxygens (including phenoxy) is 1. The van der Waals surface area contributed by atoms with Crippen molar-refractivity contribution in [1.29, 1.82) is 0 Å². The third kappa shape index (κ3) is 3.49. The molecule has 0 aliphatic rings. The van der Waals surface area contributed by atoms with E-state index in [1.165, 1.54) is 5.56 Å². The highest BCUT2D eigenvalue weighted by Gasteiger charge is 1.96. The Morgan fingerprint density at radius 2 is 1.94 bits per heavy atom. The number of benzene rings is 2. The van der Waals surface area contributed by atoms with Crippen molar-refractivity contribution < 1.29 is 4.74 Å². The van der Waals surface area contributed by atoms with Gasteiger partial charge in [0, 0.05) is 22.8 Å². The topological polar surface area (TPSA) is 21.3 Å². The summed E-state index contributed by atoms with van der Waals surface area (Å²) in [5.41, 5.74) is 2.30. The Balaban J connectivity index is 2.02. The van der Waals surface area contributed by atoms with Crippen LogP contribution in [0.25, 0.3) is 0 Å². The lowest BCUT2D eigenvalue weighted by Gasteiger charge is -2.08. The molecule has 0 unspecified atom stereocenters. The summed E-state index contributed by atoms with van der Waals surface area (Å²) in [6, 6.07) is 16.2. The zero-order valence-corrected chi connectivity index (χ0v) is 11.2. The minimum atomic E-state index is 0.798. The number of halogens is 1. The number of rotatable bonds is 4. The van der Waals surface area contributed by atoms with Crippen LogP contribution in [0.3, 0.4) is 0 Å². The maximum atomic E-state index is 5.18. The first-order chi connectivity index (χ1) is 8.28. The van der Waals surface area contributed by atoms with Crippen molar-refractivity contribution in [3.8, 4) is 5.75 Å². The summed E-state index contributed by atoms with van der Waals surface area (Å²) < 4.78 is 6.28. The van der Waals surface area contributed by atoms with Gasteiger partial charge in [-0.25, -0.2) is 0 Å². The smallest absolute Gasteiger partial charge is 0.120 e. The van der Waals surface area contributed by atoms with Crippen LogP contribution in [0.4, 0.5) is 5.69 Å². The fourth-order valence-corrected chi connectivity index (χ4v) is 2.03. The molecule has 0 heterocycles. The predicted octanol–water partition coefficient (Wildman–Crippen LogP) is 4.07. The van der Waals surface area contributed by atoms with Gasteiger partial charge in [0.1, 0.15) is 5.75 Å². The standard InChI is InChI=1S/C14H14BrNO/c1-17-14-7-3-6-13(9-14)16-10-11-4-2-5-12(15)8-11/h2-9,16H,10H2,1H3. The highest BCUT2D eigenvalue weighted by Crippen LogP contribution is 2.18. The summed E-state index contributed by atoms with van der Waals surface area (Å²) in [6.07, 6.45) is 0. The van der Waals surface area contributed by atoms with E-state index in [1.807, 2.05) is 36.4 Å².